The van der Waals surface area contributed by atoms with Crippen molar-refractivity contribution in [2.45, 2.75) is 0 Å². The number of hydrogen-bond donors (Lipinski definition) is 1. The van der Waals surface area contributed by atoms with E-state index in [1.54, 1.807) is 0 Å². The standard InChI is InChI=1S/C8H7ClN2O2/c1-13-8(12)6-3-2-5(4-10)11-7(6)9/h2-4,10H,1H3. The molecular weight excluding hydrogens is 192 g/mol. The molecule has 0 aliphatic carbocycles. The van der Waals surface area contributed by atoms with Gasteiger partial charge in [0.15, 0.2) is 0 Å². The molecule has 1 N–H and O–H groups in total. The minimum Gasteiger partial charge on any atom is -0.465 e. The predicted octanol–water partition coefficient (Wildman–Crippen LogP) is 1.52. The maximum atomic E-state index is 11.0. The Balaban J connectivity index is 3.12. The van der Waals surface area contributed by atoms with Crippen LogP contribution in [0.3, 0.4) is 0 Å². The van der Waals surface area contributed by atoms with Crippen LogP contribution in [-0.4, -0.2) is 24.3 Å². The van der Waals surface area contributed by atoms with Gasteiger partial charge in [-0.2, -0.15) is 0 Å². The summed E-state index contributed by atoms with van der Waals surface area (Å²) in [6.07, 6.45) is 1.05. The van der Waals surface area contributed by atoms with E-state index in [-0.39, 0.29) is 10.7 Å². The number of pyridine rings is 1. The molecule has 0 amide bonds. The lowest BCUT2D eigenvalue weighted by molar-refractivity contribution is 0.0600. The first kappa shape index (κ1) is 9.67. The summed E-state index contributed by atoms with van der Waals surface area (Å²) < 4.78 is 4.47. The van der Waals surface area contributed by atoms with Crippen LogP contribution in [0.15, 0.2) is 12.1 Å². The van der Waals surface area contributed by atoms with E-state index in [0.717, 1.165) is 6.21 Å². The normalized spacial score (nSPS) is 9.38. The van der Waals surface area contributed by atoms with Gasteiger partial charge in [-0.1, -0.05) is 11.6 Å². The van der Waals surface area contributed by atoms with Crippen molar-refractivity contribution in [3.8, 4) is 0 Å². The van der Waals surface area contributed by atoms with Gasteiger partial charge >= 0.3 is 5.97 Å². The molecule has 1 rings (SSSR count). The maximum absolute atomic E-state index is 11.0. The molecule has 0 radical (unpaired) electrons. The van der Waals surface area contributed by atoms with Gasteiger partial charge in [0, 0.05) is 6.21 Å². The summed E-state index contributed by atoms with van der Waals surface area (Å²) in [4.78, 5) is 14.8. The molecule has 0 spiro atoms. The minimum atomic E-state index is -0.533. The minimum absolute atomic E-state index is 0.0489. The molecule has 1 aromatic heterocycles. The van der Waals surface area contributed by atoms with Crippen molar-refractivity contribution < 1.29 is 9.53 Å². The summed E-state index contributed by atoms with van der Waals surface area (Å²) in [5.74, 6) is -0.533. The van der Waals surface area contributed by atoms with Crippen LogP contribution in [0, 0.1) is 5.41 Å². The Kier molecular flexibility index (Phi) is 2.97. The molecule has 0 saturated carbocycles. The van der Waals surface area contributed by atoms with Crippen LogP contribution in [0.2, 0.25) is 5.15 Å². The lowest BCUT2D eigenvalue weighted by Gasteiger charge is -2.01. The van der Waals surface area contributed by atoms with E-state index in [2.05, 4.69) is 9.72 Å². The number of nitrogens with zero attached hydrogens (tertiary/aromatic N) is 1. The van der Waals surface area contributed by atoms with Gasteiger partial charge in [-0.05, 0) is 12.1 Å². The van der Waals surface area contributed by atoms with Crippen molar-refractivity contribution in [1.29, 1.82) is 5.41 Å². The van der Waals surface area contributed by atoms with Gasteiger partial charge in [-0.15, -0.1) is 0 Å². The van der Waals surface area contributed by atoms with Crippen LogP contribution < -0.4 is 0 Å². The Bertz CT molecular complexity index is 352. The van der Waals surface area contributed by atoms with Crippen LogP contribution in [0.4, 0.5) is 0 Å². The Hall–Kier alpha value is -1.42. The van der Waals surface area contributed by atoms with Crippen molar-refractivity contribution in [3.63, 3.8) is 0 Å². The number of nitrogens with one attached hydrogen (secondary N) is 1. The zero-order chi connectivity index (χ0) is 9.84. The van der Waals surface area contributed by atoms with E-state index in [1.807, 2.05) is 0 Å². The number of hydrogen-bond acceptors (Lipinski definition) is 4. The van der Waals surface area contributed by atoms with Crippen molar-refractivity contribution in [2.75, 3.05) is 7.11 Å². The molecule has 0 unspecified atom stereocenters. The third-order valence-electron chi connectivity index (χ3n) is 1.42. The number of methoxy groups -OCH3 is 1. The van der Waals surface area contributed by atoms with Crippen molar-refractivity contribution in [2.24, 2.45) is 0 Å². The first-order chi connectivity index (χ1) is 6.19. The van der Waals surface area contributed by atoms with Gasteiger partial charge in [0.2, 0.25) is 0 Å². The molecule has 0 fully saturated rings. The number of rotatable bonds is 2. The summed E-state index contributed by atoms with van der Waals surface area (Å²) in [6, 6.07) is 2.99. The van der Waals surface area contributed by atoms with Crippen LogP contribution in [-0.2, 0) is 4.74 Å². The molecule has 1 aromatic rings. The molecule has 68 valence electrons. The van der Waals surface area contributed by atoms with Crippen molar-refractivity contribution in [3.05, 3.63) is 28.5 Å². The fourth-order valence-corrected chi connectivity index (χ4v) is 1.03. The van der Waals surface area contributed by atoms with E-state index in [9.17, 15) is 4.79 Å². The molecule has 0 atom stereocenters. The molecule has 0 bridgehead atoms. The van der Waals surface area contributed by atoms with Crippen molar-refractivity contribution in [1.82, 2.24) is 4.98 Å². The molecule has 0 aromatic carbocycles. The van der Waals surface area contributed by atoms with Gasteiger partial charge in [-0.3, -0.25) is 0 Å². The molecule has 1 heterocycles. The fraction of sp³-hybridized carbons (Fsp3) is 0.125. The Morgan fingerprint density at radius 2 is 2.38 bits per heavy atom. The molecule has 0 aliphatic rings. The summed E-state index contributed by atoms with van der Waals surface area (Å²) >= 11 is 5.67. The quantitative estimate of drug-likeness (QED) is 0.445. The Labute approximate surface area is 80.0 Å². The van der Waals surface area contributed by atoms with Gasteiger partial charge in [-0.25, -0.2) is 9.78 Å². The molecule has 0 aliphatic heterocycles. The number of carbonyl (C=O) groups excluding carboxylic acids is 1. The van der Waals surface area contributed by atoms with Crippen LogP contribution in [0.25, 0.3) is 0 Å². The number of esters is 1. The van der Waals surface area contributed by atoms with E-state index in [4.69, 9.17) is 17.0 Å². The molecular formula is C8H7ClN2O2. The number of aromatic nitrogens is 1. The lowest BCUT2D eigenvalue weighted by Crippen LogP contribution is -2.04. The molecule has 4 nitrogen and oxygen atoms in total. The largest absolute Gasteiger partial charge is 0.465 e. The van der Waals surface area contributed by atoms with E-state index < -0.39 is 5.97 Å². The first-order valence-electron chi connectivity index (χ1n) is 3.44. The van der Waals surface area contributed by atoms with Crippen LogP contribution in [0.1, 0.15) is 16.1 Å². The second kappa shape index (κ2) is 4.00. The van der Waals surface area contributed by atoms with Gasteiger partial charge in [0.1, 0.15) is 5.15 Å². The highest BCUT2D eigenvalue weighted by Crippen LogP contribution is 2.13. The first-order valence-corrected chi connectivity index (χ1v) is 3.82. The molecule has 13 heavy (non-hydrogen) atoms. The lowest BCUT2D eigenvalue weighted by atomic mass is 10.2. The summed E-state index contributed by atoms with van der Waals surface area (Å²) in [7, 11) is 1.27. The van der Waals surface area contributed by atoms with Gasteiger partial charge in [0.25, 0.3) is 0 Å². The third kappa shape index (κ3) is 2.03. The SMILES string of the molecule is COC(=O)c1ccc(C=N)nc1Cl. The van der Waals surface area contributed by atoms with E-state index in [0.29, 0.717) is 5.69 Å². The predicted molar refractivity (Wildman–Crippen MR) is 48.5 cm³/mol. The summed E-state index contributed by atoms with van der Waals surface area (Å²) in [5.41, 5.74) is 0.604. The zero-order valence-electron chi connectivity index (χ0n) is 6.87. The average Bonchev–Trinajstić information content (AvgIpc) is 2.16. The van der Waals surface area contributed by atoms with Gasteiger partial charge in [0.05, 0.1) is 18.4 Å². The topological polar surface area (TPSA) is 63.0 Å². The zero-order valence-corrected chi connectivity index (χ0v) is 7.63. The Morgan fingerprint density at radius 3 is 2.85 bits per heavy atom. The van der Waals surface area contributed by atoms with Crippen LogP contribution in [0.5, 0.6) is 0 Å². The van der Waals surface area contributed by atoms with E-state index in [1.165, 1.54) is 19.2 Å². The van der Waals surface area contributed by atoms with Crippen LogP contribution >= 0.6 is 11.6 Å². The highest BCUT2D eigenvalue weighted by molar-refractivity contribution is 6.32. The number of halogens is 1. The summed E-state index contributed by atoms with van der Waals surface area (Å²) in [6.45, 7) is 0. The highest BCUT2D eigenvalue weighted by atomic mass is 35.5. The maximum Gasteiger partial charge on any atom is 0.341 e. The van der Waals surface area contributed by atoms with Crippen molar-refractivity contribution >= 4 is 23.8 Å². The second-order valence-electron chi connectivity index (χ2n) is 2.21. The highest BCUT2D eigenvalue weighted by Gasteiger charge is 2.11. The number of ether oxygens (including phenoxy) is 1. The smallest absolute Gasteiger partial charge is 0.341 e. The summed E-state index contributed by atoms with van der Waals surface area (Å²) in [5, 5.41) is 6.95. The monoisotopic (exact) mass is 198 g/mol. The van der Waals surface area contributed by atoms with E-state index >= 15 is 0 Å². The molecule has 5 heteroatoms. The second-order valence-corrected chi connectivity index (χ2v) is 2.57. The average molecular weight is 199 g/mol. The molecule has 0 saturated heterocycles. The fourth-order valence-electron chi connectivity index (χ4n) is 0.791. The Morgan fingerprint density at radius 1 is 1.69 bits per heavy atom. The third-order valence-corrected chi connectivity index (χ3v) is 1.71. The van der Waals surface area contributed by atoms with Gasteiger partial charge < -0.3 is 10.1 Å². The number of carbonyl (C=O) groups is 1.